The van der Waals surface area contributed by atoms with E-state index in [-0.39, 0.29) is 17.9 Å². The van der Waals surface area contributed by atoms with Gasteiger partial charge in [-0.2, -0.15) is 0 Å². The monoisotopic (exact) mass is 350 g/mol. The molecule has 1 aromatic carbocycles. The van der Waals surface area contributed by atoms with Crippen molar-refractivity contribution in [3.63, 3.8) is 0 Å². The maximum atomic E-state index is 13.4. The number of carbonyl (C=O) groups is 1. The molecule has 25 heavy (non-hydrogen) atoms. The highest BCUT2D eigenvalue weighted by Gasteiger charge is 2.63. The molecule has 2 bridgehead atoms. The van der Waals surface area contributed by atoms with Gasteiger partial charge in [-0.1, -0.05) is 6.07 Å². The summed E-state index contributed by atoms with van der Waals surface area (Å²) in [7, 11) is 4.14. The minimum absolute atomic E-state index is 0.0366. The molecule has 0 aromatic heterocycles. The Balaban J connectivity index is 1.46. The van der Waals surface area contributed by atoms with Crippen molar-refractivity contribution in [1.82, 2.24) is 9.80 Å². The number of fused-ring (bicyclic) bond motifs is 1. The van der Waals surface area contributed by atoms with Gasteiger partial charge in [-0.3, -0.25) is 4.79 Å². The normalized spacial score (nSPS) is 33.3. The summed E-state index contributed by atoms with van der Waals surface area (Å²) in [4.78, 5) is 16.7. The quantitative estimate of drug-likeness (QED) is 0.834. The topological polar surface area (TPSA) is 32.8 Å². The molecule has 3 fully saturated rings. The van der Waals surface area contributed by atoms with Gasteiger partial charge in [0.1, 0.15) is 0 Å². The Morgan fingerprint density at radius 1 is 1.36 bits per heavy atom. The largest absolute Gasteiger partial charge is 0.369 e. The van der Waals surface area contributed by atoms with E-state index in [1.54, 1.807) is 0 Å². The predicted molar refractivity (Wildman–Crippen MR) is 89.0 cm³/mol. The third-order valence-corrected chi connectivity index (χ3v) is 6.05. The van der Waals surface area contributed by atoms with Crippen LogP contribution in [0.4, 0.5) is 8.78 Å². The van der Waals surface area contributed by atoms with Gasteiger partial charge in [0.15, 0.2) is 11.6 Å². The fourth-order valence-electron chi connectivity index (χ4n) is 4.98. The first-order valence-corrected chi connectivity index (χ1v) is 8.92. The number of likely N-dealkylation sites (tertiary alicyclic amines) is 1. The Hall–Kier alpha value is -1.53. The maximum absolute atomic E-state index is 13.4. The van der Waals surface area contributed by atoms with E-state index in [2.05, 4.69) is 19.0 Å². The number of hydrogen-bond donors (Lipinski definition) is 0. The van der Waals surface area contributed by atoms with Gasteiger partial charge in [0.05, 0.1) is 24.7 Å². The Morgan fingerprint density at radius 3 is 2.88 bits per heavy atom. The first kappa shape index (κ1) is 16.9. The van der Waals surface area contributed by atoms with Gasteiger partial charge in [-0.05, 0) is 44.6 Å². The van der Waals surface area contributed by atoms with Crippen LogP contribution in [0.3, 0.4) is 0 Å². The molecule has 0 N–H and O–H groups in total. The molecule has 3 saturated heterocycles. The smallest absolute Gasteiger partial charge is 0.227 e. The molecule has 3 aliphatic heterocycles. The molecule has 1 spiro atoms. The lowest BCUT2D eigenvalue weighted by atomic mass is 9.73. The van der Waals surface area contributed by atoms with E-state index < -0.39 is 11.6 Å². The van der Waals surface area contributed by atoms with Crippen molar-refractivity contribution >= 4 is 5.91 Å². The summed E-state index contributed by atoms with van der Waals surface area (Å²) in [6.45, 7) is 2.31. The van der Waals surface area contributed by atoms with Crippen LogP contribution < -0.4 is 0 Å². The molecule has 3 aliphatic rings. The molecule has 136 valence electrons. The molecule has 4 rings (SSSR count). The van der Waals surface area contributed by atoms with E-state index in [1.807, 2.05) is 4.90 Å². The van der Waals surface area contributed by atoms with Crippen molar-refractivity contribution in [3.8, 4) is 0 Å². The van der Waals surface area contributed by atoms with Crippen LogP contribution in [0.5, 0.6) is 0 Å². The van der Waals surface area contributed by atoms with Crippen molar-refractivity contribution < 1.29 is 18.3 Å². The van der Waals surface area contributed by atoms with E-state index in [1.165, 1.54) is 6.07 Å². The average molecular weight is 350 g/mol. The molecular weight excluding hydrogens is 326 g/mol. The van der Waals surface area contributed by atoms with Crippen molar-refractivity contribution in [2.24, 2.45) is 11.8 Å². The first-order valence-electron chi connectivity index (χ1n) is 8.92. The van der Waals surface area contributed by atoms with Crippen LogP contribution in [0.1, 0.15) is 18.4 Å². The van der Waals surface area contributed by atoms with Crippen molar-refractivity contribution in [2.75, 3.05) is 33.7 Å². The van der Waals surface area contributed by atoms with Crippen LogP contribution >= 0.6 is 0 Å². The lowest BCUT2D eigenvalue weighted by molar-refractivity contribution is -0.131. The Kier molecular flexibility index (Phi) is 4.07. The zero-order valence-corrected chi connectivity index (χ0v) is 14.7. The molecule has 1 aromatic rings. The van der Waals surface area contributed by atoms with Crippen molar-refractivity contribution in [1.29, 1.82) is 0 Å². The Morgan fingerprint density at radius 2 is 2.16 bits per heavy atom. The number of amides is 1. The minimum Gasteiger partial charge on any atom is -0.369 e. The highest BCUT2D eigenvalue weighted by Crippen LogP contribution is 2.54. The van der Waals surface area contributed by atoms with Gasteiger partial charge >= 0.3 is 0 Å². The van der Waals surface area contributed by atoms with Gasteiger partial charge in [0.25, 0.3) is 0 Å². The maximum Gasteiger partial charge on any atom is 0.227 e. The Bertz CT molecular complexity index is 696. The zero-order chi connectivity index (χ0) is 17.8. The Labute approximate surface area is 146 Å². The summed E-state index contributed by atoms with van der Waals surface area (Å²) in [5.41, 5.74) is 0.322. The van der Waals surface area contributed by atoms with E-state index >= 15 is 0 Å². The summed E-state index contributed by atoms with van der Waals surface area (Å²) in [5.74, 6) is -0.990. The van der Waals surface area contributed by atoms with Gasteiger partial charge < -0.3 is 14.5 Å². The second-order valence-electron chi connectivity index (χ2n) is 7.99. The number of nitrogens with zero attached hydrogens (tertiary/aromatic N) is 2. The fourth-order valence-corrected chi connectivity index (χ4v) is 4.98. The number of halogens is 2. The van der Waals surface area contributed by atoms with Crippen molar-refractivity contribution in [3.05, 3.63) is 35.4 Å². The molecule has 0 radical (unpaired) electrons. The van der Waals surface area contributed by atoms with Gasteiger partial charge in [-0.25, -0.2) is 8.78 Å². The second-order valence-corrected chi connectivity index (χ2v) is 7.99. The summed E-state index contributed by atoms with van der Waals surface area (Å²) >= 11 is 0. The van der Waals surface area contributed by atoms with Crippen LogP contribution in [0.2, 0.25) is 0 Å². The minimum atomic E-state index is -0.907. The van der Waals surface area contributed by atoms with E-state index in [0.29, 0.717) is 36.6 Å². The van der Waals surface area contributed by atoms with Crippen LogP contribution in [-0.4, -0.2) is 61.1 Å². The molecule has 4 nitrogen and oxygen atoms in total. The SMILES string of the molecule is CN(C)C[C@H]1[C@H]2CN(C(=O)Cc3ccc(F)c(F)c3)C[C@]23CC[C@H]1O3. The van der Waals surface area contributed by atoms with Gasteiger partial charge in [0.2, 0.25) is 5.91 Å². The lowest BCUT2D eigenvalue weighted by Crippen LogP contribution is -2.40. The third-order valence-electron chi connectivity index (χ3n) is 6.05. The van der Waals surface area contributed by atoms with E-state index in [4.69, 9.17) is 4.74 Å². The van der Waals surface area contributed by atoms with E-state index in [9.17, 15) is 13.6 Å². The molecule has 6 heteroatoms. The standard InChI is InChI=1S/C19H24F2N2O2/c1-22(2)9-13-14-10-23(11-19(14)6-5-17(13)25-19)18(24)8-12-3-4-15(20)16(21)7-12/h3-4,7,13-14,17H,5-6,8-11H2,1-2H3/t13-,14+,17+,19+/m0/s1. The molecule has 3 heterocycles. The van der Waals surface area contributed by atoms with Crippen molar-refractivity contribution in [2.45, 2.75) is 31.0 Å². The third kappa shape index (κ3) is 2.85. The highest BCUT2D eigenvalue weighted by atomic mass is 19.2. The first-order chi connectivity index (χ1) is 11.9. The summed E-state index contributed by atoms with van der Waals surface area (Å²) < 4.78 is 32.7. The van der Waals surface area contributed by atoms with Gasteiger partial charge in [-0.15, -0.1) is 0 Å². The lowest BCUT2D eigenvalue weighted by Gasteiger charge is -2.30. The number of hydrogen-bond acceptors (Lipinski definition) is 3. The molecule has 0 aliphatic carbocycles. The number of benzene rings is 1. The van der Waals surface area contributed by atoms with Crippen LogP contribution in [-0.2, 0) is 16.0 Å². The van der Waals surface area contributed by atoms with Crippen LogP contribution in [0.15, 0.2) is 18.2 Å². The van der Waals surface area contributed by atoms with Gasteiger partial charge in [0, 0.05) is 24.9 Å². The predicted octanol–water partition coefficient (Wildman–Crippen LogP) is 2.07. The van der Waals surface area contributed by atoms with Crippen LogP contribution in [0.25, 0.3) is 0 Å². The summed E-state index contributed by atoms with van der Waals surface area (Å²) in [5, 5.41) is 0. The highest BCUT2D eigenvalue weighted by molar-refractivity contribution is 5.79. The number of rotatable bonds is 4. The molecule has 4 atom stereocenters. The fraction of sp³-hybridized carbons (Fsp3) is 0.632. The molecular formula is C19H24F2N2O2. The zero-order valence-electron chi connectivity index (χ0n) is 14.7. The molecule has 0 unspecified atom stereocenters. The molecule has 1 amide bonds. The number of ether oxygens (including phenoxy) is 1. The molecule has 0 saturated carbocycles. The van der Waals surface area contributed by atoms with E-state index in [0.717, 1.165) is 31.5 Å². The number of carbonyl (C=O) groups excluding carboxylic acids is 1. The summed E-state index contributed by atoms with van der Waals surface area (Å²) in [6, 6.07) is 3.66. The second kappa shape index (κ2) is 6.02. The average Bonchev–Trinajstić information content (AvgIpc) is 3.20. The van der Waals surface area contributed by atoms with Crippen LogP contribution in [0, 0.1) is 23.5 Å². The summed E-state index contributed by atoms with van der Waals surface area (Å²) in [6.07, 6.45) is 2.50.